The first-order valence-electron chi connectivity index (χ1n) is 12.1. The zero-order valence-electron chi connectivity index (χ0n) is 21.6. The van der Waals surface area contributed by atoms with Crippen LogP contribution in [0.15, 0.2) is 78.4 Å². The van der Waals surface area contributed by atoms with Crippen LogP contribution in [0, 0.1) is 5.92 Å². The van der Waals surface area contributed by atoms with Crippen molar-refractivity contribution in [3.8, 4) is 11.5 Å². The van der Waals surface area contributed by atoms with Crippen LogP contribution in [-0.2, 0) is 14.3 Å². The minimum Gasteiger partial charge on any atom is -0.507 e. The first-order valence-corrected chi connectivity index (χ1v) is 12.1. The van der Waals surface area contributed by atoms with Crippen LogP contribution in [0.4, 0.5) is 5.69 Å². The second-order valence-electron chi connectivity index (χ2n) is 9.18. The van der Waals surface area contributed by atoms with Crippen LogP contribution in [0.25, 0.3) is 5.76 Å². The Kier molecular flexibility index (Phi) is 7.81. The number of nitrogens with zero attached hydrogens (tertiary/aromatic N) is 1. The maximum absolute atomic E-state index is 13.5. The van der Waals surface area contributed by atoms with E-state index in [1.807, 2.05) is 13.8 Å². The smallest absolute Gasteiger partial charge is 0.337 e. The Morgan fingerprint density at radius 3 is 2.32 bits per heavy atom. The summed E-state index contributed by atoms with van der Waals surface area (Å²) in [6.45, 7) is 4.53. The molecule has 1 amide bonds. The summed E-state index contributed by atoms with van der Waals surface area (Å²) in [6, 6.07) is 18.9. The van der Waals surface area contributed by atoms with Crippen LogP contribution >= 0.6 is 0 Å². The molecule has 8 nitrogen and oxygen atoms in total. The van der Waals surface area contributed by atoms with Gasteiger partial charge < -0.3 is 19.3 Å². The lowest BCUT2D eigenvalue weighted by molar-refractivity contribution is -0.132. The molecule has 0 radical (unpaired) electrons. The van der Waals surface area contributed by atoms with Gasteiger partial charge in [0, 0.05) is 16.8 Å². The lowest BCUT2D eigenvalue weighted by Crippen LogP contribution is -2.29. The lowest BCUT2D eigenvalue weighted by Gasteiger charge is -2.26. The van der Waals surface area contributed by atoms with Crippen molar-refractivity contribution in [2.24, 2.45) is 5.92 Å². The van der Waals surface area contributed by atoms with E-state index in [0.717, 1.165) is 0 Å². The van der Waals surface area contributed by atoms with E-state index in [9.17, 15) is 19.5 Å². The molecule has 1 atom stereocenters. The molecule has 38 heavy (non-hydrogen) atoms. The Hall–Kier alpha value is -4.59. The summed E-state index contributed by atoms with van der Waals surface area (Å²) < 4.78 is 16.1. The SMILES string of the molecule is COC(=O)c1ccc(N2C(=O)C(=O)/C(=C(/O)c3cccc(OCC(C)C)c3)C2c2ccccc2OC)cc1. The number of esters is 1. The van der Waals surface area contributed by atoms with E-state index in [-0.39, 0.29) is 11.3 Å². The number of amides is 1. The number of hydrogen-bond acceptors (Lipinski definition) is 7. The first-order chi connectivity index (χ1) is 18.3. The molecule has 3 aromatic carbocycles. The van der Waals surface area contributed by atoms with E-state index in [2.05, 4.69) is 0 Å². The Bertz CT molecular complexity index is 1390. The van der Waals surface area contributed by atoms with Gasteiger partial charge in [0.2, 0.25) is 0 Å². The van der Waals surface area contributed by atoms with Crippen LogP contribution in [0.3, 0.4) is 0 Å². The fourth-order valence-corrected chi connectivity index (χ4v) is 4.31. The number of ketones is 1. The molecular weight excluding hydrogens is 486 g/mol. The number of carbonyl (C=O) groups excluding carboxylic acids is 3. The van der Waals surface area contributed by atoms with E-state index in [0.29, 0.717) is 46.4 Å². The number of carbonyl (C=O) groups is 3. The number of methoxy groups -OCH3 is 2. The molecule has 8 heteroatoms. The number of para-hydroxylation sites is 1. The monoisotopic (exact) mass is 515 g/mol. The van der Waals surface area contributed by atoms with Crippen molar-refractivity contribution in [2.45, 2.75) is 19.9 Å². The summed E-state index contributed by atoms with van der Waals surface area (Å²) in [5.41, 5.74) is 1.42. The van der Waals surface area contributed by atoms with Gasteiger partial charge in [-0.3, -0.25) is 14.5 Å². The number of benzene rings is 3. The fourth-order valence-electron chi connectivity index (χ4n) is 4.31. The molecule has 0 aliphatic carbocycles. The van der Waals surface area contributed by atoms with Crippen LogP contribution in [0.5, 0.6) is 11.5 Å². The van der Waals surface area contributed by atoms with E-state index < -0.39 is 23.7 Å². The van der Waals surface area contributed by atoms with Crippen molar-refractivity contribution < 1.29 is 33.7 Å². The summed E-state index contributed by atoms with van der Waals surface area (Å²) >= 11 is 0. The highest BCUT2D eigenvalue weighted by Crippen LogP contribution is 2.45. The van der Waals surface area contributed by atoms with Gasteiger partial charge in [0.05, 0.1) is 38.0 Å². The molecule has 196 valence electrons. The van der Waals surface area contributed by atoms with Crippen molar-refractivity contribution in [1.82, 2.24) is 0 Å². The van der Waals surface area contributed by atoms with Crippen LogP contribution in [0.1, 0.15) is 41.4 Å². The fraction of sp³-hybridized carbons (Fsp3) is 0.233. The van der Waals surface area contributed by atoms with Crippen molar-refractivity contribution in [3.05, 3.63) is 95.1 Å². The van der Waals surface area contributed by atoms with Gasteiger partial charge in [-0.05, 0) is 48.4 Å². The highest BCUT2D eigenvalue weighted by atomic mass is 16.5. The number of Topliss-reactive ketones (excluding diaryl/α,β-unsaturated/α-hetero) is 1. The predicted octanol–water partition coefficient (Wildman–Crippen LogP) is 5.14. The van der Waals surface area contributed by atoms with Gasteiger partial charge in [-0.25, -0.2) is 4.79 Å². The summed E-state index contributed by atoms with van der Waals surface area (Å²) in [5.74, 6) is -1.25. The van der Waals surface area contributed by atoms with Crippen molar-refractivity contribution in [3.63, 3.8) is 0 Å². The number of ether oxygens (including phenoxy) is 3. The molecule has 1 heterocycles. The molecular formula is C30H29NO7. The van der Waals surface area contributed by atoms with Crippen LogP contribution in [-0.4, -0.2) is 43.6 Å². The number of anilines is 1. The number of hydrogen-bond donors (Lipinski definition) is 1. The third kappa shape index (κ3) is 5.11. The maximum atomic E-state index is 13.5. The van der Waals surface area contributed by atoms with Gasteiger partial charge in [-0.2, -0.15) is 0 Å². The Labute approximate surface area is 221 Å². The molecule has 1 fully saturated rings. The summed E-state index contributed by atoms with van der Waals surface area (Å²) in [5, 5.41) is 11.4. The Balaban J connectivity index is 1.88. The predicted molar refractivity (Wildman–Crippen MR) is 142 cm³/mol. The van der Waals surface area contributed by atoms with Gasteiger partial charge in [0.1, 0.15) is 17.3 Å². The average molecular weight is 516 g/mol. The summed E-state index contributed by atoms with van der Waals surface area (Å²) in [6.07, 6.45) is 0. The second kappa shape index (κ2) is 11.2. The van der Waals surface area contributed by atoms with Gasteiger partial charge in [0.15, 0.2) is 0 Å². The molecule has 0 aromatic heterocycles. The molecule has 1 N–H and O–H groups in total. The summed E-state index contributed by atoms with van der Waals surface area (Å²) in [4.78, 5) is 40.1. The molecule has 1 unspecified atom stereocenters. The van der Waals surface area contributed by atoms with E-state index >= 15 is 0 Å². The molecule has 3 aromatic rings. The third-order valence-corrected chi connectivity index (χ3v) is 6.14. The molecule has 1 aliphatic heterocycles. The molecule has 4 rings (SSSR count). The molecule has 1 saturated heterocycles. The van der Waals surface area contributed by atoms with Crippen molar-refractivity contribution in [2.75, 3.05) is 25.7 Å². The Morgan fingerprint density at radius 1 is 0.947 bits per heavy atom. The molecule has 1 aliphatic rings. The average Bonchev–Trinajstić information content (AvgIpc) is 3.20. The van der Waals surface area contributed by atoms with E-state index in [1.165, 1.54) is 31.3 Å². The molecule has 0 spiro atoms. The maximum Gasteiger partial charge on any atom is 0.337 e. The second-order valence-corrected chi connectivity index (χ2v) is 9.18. The first kappa shape index (κ1) is 26.5. The highest BCUT2D eigenvalue weighted by molar-refractivity contribution is 6.51. The van der Waals surface area contributed by atoms with Crippen molar-refractivity contribution >= 4 is 29.1 Å². The standard InChI is InChI=1S/C30H29NO7/c1-18(2)17-38-22-9-7-8-20(16-22)27(32)25-26(23-10-5-6-11-24(23)36-3)31(29(34)28(25)33)21-14-12-19(13-15-21)30(35)37-4/h5-16,18,26,32H,17H2,1-4H3/b27-25+. The minimum absolute atomic E-state index is 0.0856. The van der Waals surface area contributed by atoms with E-state index in [4.69, 9.17) is 14.2 Å². The molecule has 0 bridgehead atoms. The lowest BCUT2D eigenvalue weighted by atomic mass is 9.94. The zero-order chi connectivity index (χ0) is 27.4. The van der Waals surface area contributed by atoms with Crippen LogP contribution < -0.4 is 14.4 Å². The Morgan fingerprint density at radius 2 is 1.66 bits per heavy atom. The normalized spacial score (nSPS) is 16.6. The quantitative estimate of drug-likeness (QED) is 0.192. The van der Waals surface area contributed by atoms with Crippen LogP contribution in [0.2, 0.25) is 0 Å². The number of aliphatic hydroxyl groups excluding tert-OH is 1. The zero-order valence-corrected chi connectivity index (χ0v) is 21.6. The number of rotatable bonds is 8. The third-order valence-electron chi connectivity index (χ3n) is 6.14. The van der Waals surface area contributed by atoms with Gasteiger partial charge in [-0.15, -0.1) is 0 Å². The summed E-state index contributed by atoms with van der Waals surface area (Å²) in [7, 11) is 2.77. The topological polar surface area (TPSA) is 102 Å². The van der Waals surface area contributed by atoms with Gasteiger partial charge in [0.25, 0.3) is 11.7 Å². The van der Waals surface area contributed by atoms with Crippen molar-refractivity contribution in [1.29, 1.82) is 0 Å². The molecule has 0 saturated carbocycles. The minimum atomic E-state index is -0.990. The largest absolute Gasteiger partial charge is 0.507 e. The number of aliphatic hydroxyl groups is 1. The van der Waals surface area contributed by atoms with E-state index in [1.54, 1.807) is 60.7 Å². The van der Waals surface area contributed by atoms with Gasteiger partial charge in [-0.1, -0.05) is 44.2 Å². The highest BCUT2D eigenvalue weighted by Gasteiger charge is 2.48. The van der Waals surface area contributed by atoms with Gasteiger partial charge >= 0.3 is 5.97 Å².